The van der Waals surface area contributed by atoms with E-state index >= 15 is 0 Å². The molecule has 0 atom stereocenters. The van der Waals surface area contributed by atoms with Crippen LogP contribution in [0.5, 0.6) is 0 Å². The first kappa shape index (κ1) is 5.80. The first-order valence-corrected chi connectivity index (χ1v) is 4.07. The molecule has 0 bridgehead atoms. The highest BCUT2D eigenvalue weighted by Crippen LogP contribution is 1.90. The second-order valence-electron chi connectivity index (χ2n) is 1.30. The van der Waals surface area contributed by atoms with E-state index in [9.17, 15) is 0 Å². The highest BCUT2D eigenvalue weighted by Gasteiger charge is 1.79. The molecule has 0 aliphatic carbocycles. The van der Waals surface area contributed by atoms with Gasteiger partial charge in [0.05, 0.1) is 0 Å². The van der Waals surface area contributed by atoms with Crippen LogP contribution in [0.15, 0.2) is 24.5 Å². The summed E-state index contributed by atoms with van der Waals surface area (Å²) in [4.78, 5) is 3.84. The van der Waals surface area contributed by atoms with Gasteiger partial charge in [0.2, 0.25) is 0 Å². The van der Waals surface area contributed by atoms with E-state index in [0.717, 1.165) is 12.7 Å². The van der Waals surface area contributed by atoms with Gasteiger partial charge in [0.25, 0.3) is 0 Å². The second kappa shape index (κ2) is 2.85. The zero-order chi connectivity index (χ0) is 5.82. The Morgan fingerprint density at radius 2 is 2.00 bits per heavy atom. The minimum absolute atomic E-state index is 0.893. The molecule has 1 aromatic rings. The first-order chi connectivity index (χ1) is 3.93. The summed E-state index contributed by atoms with van der Waals surface area (Å²) >= 11 is 4.76. The maximum Gasteiger partial charge on any atom is 0.0277 e. The van der Waals surface area contributed by atoms with Crippen molar-refractivity contribution in [3.05, 3.63) is 24.5 Å². The van der Waals surface area contributed by atoms with Gasteiger partial charge in [-0.05, 0) is 12.1 Å². The molecule has 0 spiro atoms. The van der Waals surface area contributed by atoms with Crippen LogP contribution in [0.1, 0.15) is 0 Å². The van der Waals surface area contributed by atoms with Crippen molar-refractivity contribution in [2.75, 3.05) is 0 Å². The quantitative estimate of drug-likeness (QED) is 0.543. The Morgan fingerprint density at radius 3 is 2.38 bits per heavy atom. The number of pyridine rings is 1. The van der Waals surface area contributed by atoms with E-state index in [2.05, 4.69) is 4.98 Å². The second-order valence-corrected chi connectivity index (χ2v) is 2.54. The summed E-state index contributed by atoms with van der Waals surface area (Å²) in [6, 6.07) is 3.82. The smallest absolute Gasteiger partial charge is 0.0277 e. The molecule has 8 heavy (non-hydrogen) atoms. The Hall–Kier alpha value is -0.330. The lowest BCUT2D eigenvalue weighted by Gasteiger charge is -1.82. The normalized spacial score (nSPS) is 9.50. The number of rotatable bonds is 1. The maximum absolute atomic E-state index is 4.76. The van der Waals surface area contributed by atoms with E-state index in [-0.39, 0.29) is 0 Å². The molecule has 0 fully saturated rings. The standard InChI is InChI=1S/C5H4NPS/c8-7-5-1-3-6-4-2-5/h1-4H. The van der Waals surface area contributed by atoms with Crippen LogP contribution in [-0.2, 0) is 11.8 Å². The van der Waals surface area contributed by atoms with Crippen LogP contribution in [0.25, 0.3) is 0 Å². The lowest BCUT2D eigenvalue weighted by molar-refractivity contribution is 1.34. The SMILES string of the molecule is S=Pc1ccncc1. The average Bonchev–Trinajstić information content (AvgIpc) is 1.90. The van der Waals surface area contributed by atoms with Crippen LogP contribution in [0.3, 0.4) is 0 Å². The fourth-order valence-corrected chi connectivity index (χ4v) is 1.03. The molecule has 0 radical (unpaired) electrons. The van der Waals surface area contributed by atoms with E-state index in [1.165, 1.54) is 0 Å². The summed E-state index contributed by atoms with van der Waals surface area (Å²) in [6.45, 7) is 0. The minimum atomic E-state index is 0.893. The van der Waals surface area contributed by atoms with Gasteiger partial charge in [-0.1, -0.05) is 11.8 Å². The van der Waals surface area contributed by atoms with E-state index in [4.69, 9.17) is 11.8 Å². The molecule has 1 rings (SSSR count). The van der Waals surface area contributed by atoms with Gasteiger partial charge < -0.3 is 0 Å². The van der Waals surface area contributed by atoms with Crippen molar-refractivity contribution in [1.29, 1.82) is 0 Å². The highest BCUT2D eigenvalue weighted by atomic mass is 32.4. The predicted molar refractivity (Wildman–Crippen MR) is 38.2 cm³/mol. The van der Waals surface area contributed by atoms with E-state index in [0.29, 0.717) is 0 Å². The van der Waals surface area contributed by atoms with Gasteiger partial charge >= 0.3 is 0 Å². The monoisotopic (exact) mass is 141 g/mol. The van der Waals surface area contributed by atoms with Gasteiger partial charge in [-0.15, -0.1) is 0 Å². The third-order valence-electron chi connectivity index (χ3n) is 0.768. The summed E-state index contributed by atoms with van der Waals surface area (Å²) in [6.07, 6.45) is 3.49. The molecule has 3 heteroatoms. The lowest BCUT2D eigenvalue weighted by atomic mass is 10.5. The zero-order valence-electron chi connectivity index (χ0n) is 4.11. The number of aromatic nitrogens is 1. The molecule has 1 nitrogen and oxygen atoms in total. The average molecular weight is 141 g/mol. The Bertz CT molecular complexity index is 175. The third-order valence-corrected chi connectivity index (χ3v) is 1.91. The van der Waals surface area contributed by atoms with Crippen LogP contribution >= 0.6 is 7.36 Å². The van der Waals surface area contributed by atoms with Crippen LogP contribution in [0, 0.1) is 0 Å². The highest BCUT2D eigenvalue weighted by molar-refractivity contribution is 7.99. The van der Waals surface area contributed by atoms with Crippen LogP contribution in [0.4, 0.5) is 0 Å². The lowest BCUT2D eigenvalue weighted by Crippen LogP contribution is -1.87. The number of hydrogen-bond acceptors (Lipinski definition) is 2. The fourth-order valence-electron chi connectivity index (χ4n) is 0.405. The Labute approximate surface area is 54.6 Å². The molecule has 40 valence electrons. The van der Waals surface area contributed by atoms with Crippen LogP contribution < -0.4 is 5.30 Å². The minimum Gasteiger partial charge on any atom is -0.265 e. The van der Waals surface area contributed by atoms with Crippen LogP contribution in [0.2, 0.25) is 0 Å². The van der Waals surface area contributed by atoms with Crippen molar-refractivity contribution < 1.29 is 0 Å². The van der Waals surface area contributed by atoms with Crippen molar-refractivity contribution in [3.8, 4) is 0 Å². The molecule has 0 aliphatic rings. The van der Waals surface area contributed by atoms with Gasteiger partial charge in [0.15, 0.2) is 0 Å². The third kappa shape index (κ3) is 1.32. The topological polar surface area (TPSA) is 12.9 Å². The Morgan fingerprint density at radius 1 is 1.38 bits per heavy atom. The van der Waals surface area contributed by atoms with E-state index in [1.54, 1.807) is 12.4 Å². The summed E-state index contributed by atoms with van der Waals surface area (Å²) in [5.41, 5.74) is 0. The molecular formula is C5H4NPS. The summed E-state index contributed by atoms with van der Waals surface area (Å²) in [7, 11) is 0.893. The molecule has 0 saturated heterocycles. The summed E-state index contributed by atoms with van der Waals surface area (Å²) in [5.74, 6) is 0. The van der Waals surface area contributed by atoms with Crippen molar-refractivity contribution in [3.63, 3.8) is 0 Å². The van der Waals surface area contributed by atoms with Gasteiger partial charge in [0, 0.05) is 25.1 Å². The maximum atomic E-state index is 4.76. The van der Waals surface area contributed by atoms with Gasteiger partial charge in [0.1, 0.15) is 0 Å². The predicted octanol–water partition coefficient (Wildman–Crippen LogP) is 1.11. The molecule has 0 aliphatic heterocycles. The Balaban J connectivity index is 2.99. The number of nitrogens with zero attached hydrogens (tertiary/aromatic N) is 1. The molecule has 0 amide bonds. The zero-order valence-corrected chi connectivity index (χ0v) is 5.82. The van der Waals surface area contributed by atoms with Gasteiger partial charge in [-0.3, -0.25) is 4.98 Å². The first-order valence-electron chi connectivity index (χ1n) is 2.17. The van der Waals surface area contributed by atoms with Gasteiger partial charge in [-0.25, -0.2) is 0 Å². The summed E-state index contributed by atoms with van der Waals surface area (Å²) in [5, 5.41) is 1.13. The van der Waals surface area contributed by atoms with Crippen molar-refractivity contribution in [1.82, 2.24) is 4.98 Å². The van der Waals surface area contributed by atoms with Crippen LogP contribution in [-0.4, -0.2) is 4.98 Å². The molecule has 0 unspecified atom stereocenters. The fraction of sp³-hybridized carbons (Fsp3) is 0. The van der Waals surface area contributed by atoms with E-state index in [1.807, 2.05) is 12.1 Å². The van der Waals surface area contributed by atoms with Crippen molar-refractivity contribution in [2.45, 2.75) is 0 Å². The molecule has 0 saturated carbocycles. The Kier molecular flexibility index (Phi) is 2.07. The van der Waals surface area contributed by atoms with Gasteiger partial charge in [-0.2, -0.15) is 0 Å². The molecule has 1 aromatic heterocycles. The van der Waals surface area contributed by atoms with Crippen molar-refractivity contribution in [2.24, 2.45) is 0 Å². The molecule has 0 aromatic carbocycles. The van der Waals surface area contributed by atoms with E-state index < -0.39 is 0 Å². The summed E-state index contributed by atoms with van der Waals surface area (Å²) < 4.78 is 0. The molecule has 1 heterocycles. The largest absolute Gasteiger partial charge is 0.265 e. The molecule has 0 N–H and O–H groups in total. The molecular weight excluding hydrogens is 137 g/mol. The number of hydrogen-bond donors (Lipinski definition) is 0. The van der Waals surface area contributed by atoms with Crippen molar-refractivity contribution >= 4 is 24.5 Å².